The maximum atomic E-state index is 13.1. The lowest BCUT2D eigenvalue weighted by Gasteiger charge is -2.22. The monoisotopic (exact) mass is 482 g/mol. The Morgan fingerprint density at radius 1 is 1.09 bits per heavy atom. The molecule has 2 aromatic rings. The molecule has 188 valence electrons. The smallest absolute Gasteiger partial charge is 0.325 e. The van der Waals surface area contributed by atoms with E-state index in [-0.39, 0.29) is 0 Å². The molecule has 1 saturated heterocycles. The van der Waals surface area contributed by atoms with Crippen molar-refractivity contribution in [2.75, 3.05) is 45.2 Å². The summed E-state index contributed by atoms with van der Waals surface area (Å²) in [6.45, 7) is 10.5. The first kappa shape index (κ1) is 26.0. The summed E-state index contributed by atoms with van der Waals surface area (Å²) in [7, 11) is 1.55. The van der Waals surface area contributed by atoms with E-state index in [0.29, 0.717) is 29.4 Å². The first-order chi connectivity index (χ1) is 16.7. The molecule has 1 heterocycles. The van der Waals surface area contributed by atoms with Crippen molar-refractivity contribution in [3.63, 3.8) is 0 Å². The van der Waals surface area contributed by atoms with Gasteiger partial charge in [-0.2, -0.15) is 0 Å². The fraction of sp³-hybridized carbons (Fsp3) is 0.423. The van der Waals surface area contributed by atoms with Gasteiger partial charge in [-0.3, -0.25) is 14.5 Å². The molecule has 0 radical (unpaired) electrons. The summed E-state index contributed by atoms with van der Waals surface area (Å²) in [5.74, 6) is 0.0717. The van der Waals surface area contributed by atoms with Crippen LogP contribution < -0.4 is 20.1 Å². The van der Waals surface area contributed by atoms with Crippen LogP contribution in [0.2, 0.25) is 0 Å². The zero-order valence-electron chi connectivity index (χ0n) is 21.0. The summed E-state index contributed by atoms with van der Waals surface area (Å²) in [6.07, 6.45) is 0. The van der Waals surface area contributed by atoms with Gasteiger partial charge in [0.25, 0.3) is 5.91 Å². The summed E-state index contributed by atoms with van der Waals surface area (Å²) < 4.78 is 11.3. The maximum Gasteiger partial charge on any atom is 0.325 e. The van der Waals surface area contributed by atoms with Gasteiger partial charge in [-0.1, -0.05) is 43.7 Å². The van der Waals surface area contributed by atoms with E-state index in [0.717, 1.165) is 30.1 Å². The fourth-order valence-electron chi connectivity index (χ4n) is 3.96. The molecular formula is C26H34N4O5. The molecule has 1 aliphatic heterocycles. The number of hydrogen-bond acceptors (Lipinski definition) is 6. The van der Waals surface area contributed by atoms with Crippen LogP contribution in [0, 0.1) is 6.92 Å². The highest BCUT2D eigenvalue weighted by molar-refractivity contribution is 6.10. The van der Waals surface area contributed by atoms with Gasteiger partial charge < -0.3 is 25.0 Å². The summed E-state index contributed by atoms with van der Waals surface area (Å²) in [6, 6.07) is 11.8. The Labute approximate surface area is 206 Å². The fourth-order valence-corrected chi connectivity index (χ4v) is 3.96. The van der Waals surface area contributed by atoms with Gasteiger partial charge in [-0.15, -0.1) is 0 Å². The summed E-state index contributed by atoms with van der Waals surface area (Å²) >= 11 is 0. The van der Waals surface area contributed by atoms with Crippen LogP contribution in [0.5, 0.6) is 11.5 Å². The molecule has 4 amide bonds. The van der Waals surface area contributed by atoms with Crippen LogP contribution in [0.3, 0.4) is 0 Å². The van der Waals surface area contributed by atoms with Gasteiger partial charge in [0.15, 0.2) is 11.5 Å². The van der Waals surface area contributed by atoms with Crippen molar-refractivity contribution in [3.05, 3.63) is 53.6 Å². The van der Waals surface area contributed by atoms with Gasteiger partial charge in [0.05, 0.1) is 7.11 Å². The van der Waals surface area contributed by atoms with Gasteiger partial charge in [-0.25, -0.2) is 4.79 Å². The van der Waals surface area contributed by atoms with Crippen molar-refractivity contribution in [3.8, 4) is 11.5 Å². The van der Waals surface area contributed by atoms with Crippen LogP contribution in [-0.2, 0) is 15.1 Å². The third-order valence-corrected chi connectivity index (χ3v) is 6.21. The van der Waals surface area contributed by atoms with Crippen LogP contribution >= 0.6 is 0 Å². The number of nitrogens with zero attached hydrogens (tertiary/aromatic N) is 2. The highest BCUT2D eigenvalue weighted by atomic mass is 16.5. The quantitative estimate of drug-likeness (QED) is 0.478. The number of imide groups is 1. The van der Waals surface area contributed by atoms with Crippen LogP contribution in [0.15, 0.2) is 42.5 Å². The van der Waals surface area contributed by atoms with E-state index >= 15 is 0 Å². The molecule has 0 aliphatic carbocycles. The van der Waals surface area contributed by atoms with Gasteiger partial charge in [0.2, 0.25) is 5.91 Å². The van der Waals surface area contributed by atoms with Crippen molar-refractivity contribution in [2.45, 2.75) is 33.2 Å². The molecule has 0 saturated carbocycles. The van der Waals surface area contributed by atoms with Crippen molar-refractivity contribution in [1.29, 1.82) is 0 Å². The number of methoxy groups -OCH3 is 1. The number of anilines is 1. The molecule has 2 aromatic carbocycles. The van der Waals surface area contributed by atoms with E-state index in [1.165, 1.54) is 0 Å². The van der Waals surface area contributed by atoms with E-state index in [9.17, 15) is 14.4 Å². The Balaban J connectivity index is 1.66. The standard InChI is InChI=1S/C26H34N4O5/c1-6-29(7-2)14-15-35-22-16-20(12-13-21(22)34-5)27-23(31)17-30-24(32)26(4,28-25(30)33)19-10-8-18(3)9-11-19/h8-13,16H,6-7,14-15,17H2,1-5H3,(H,27,31)(H,28,33). The Morgan fingerprint density at radius 2 is 1.77 bits per heavy atom. The molecule has 0 bridgehead atoms. The predicted octanol–water partition coefficient (Wildman–Crippen LogP) is 3.13. The predicted molar refractivity (Wildman–Crippen MR) is 134 cm³/mol. The number of rotatable bonds is 11. The van der Waals surface area contributed by atoms with Gasteiger partial charge in [0, 0.05) is 18.3 Å². The number of ether oxygens (including phenoxy) is 2. The number of benzene rings is 2. The first-order valence-corrected chi connectivity index (χ1v) is 11.8. The van der Waals surface area contributed by atoms with Crippen molar-refractivity contribution >= 4 is 23.5 Å². The number of nitrogens with one attached hydrogen (secondary N) is 2. The number of amides is 4. The van der Waals surface area contributed by atoms with Crippen LogP contribution in [-0.4, -0.2) is 67.5 Å². The zero-order valence-corrected chi connectivity index (χ0v) is 21.0. The molecule has 1 fully saturated rings. The summed E-state index contributed by atoms with van der Waals surface area (Å²) in [5.41, 5.74) is 0.950. The third-order valence-electron chi connectivity index (χ3n) is 6.21. The minimum Gasteiger partial charge on any atom is -0.493 e. The van der Waals surface area contributed by atoms with E-state index < -0.39 is 29.9 Å². The number of aryl methyl sites for hydroxylation is 1. The second-order valence-corrected chi connectivity index (χ2v) is 8.60. The number of hydrogen-bond donors (Lipinski definition) is 2. The highest BCUT2D eigenvalue weighted by Crippen LogP contribution is 2.31. The second-order valence-electron chi connectivity index (χ2n) is 8.60. The van der Waals surface area contributed by atoms with Crippen molar-refractivity contribution < 1.29 is 23.9 Å². The van der Waals surface area contributed by atoms with E-state index in [4.69, 9.17) is 9.47 Å². The Kier molecular flexibility index (Phi) is 8.34. The van der Waals surface area contributed by atoms with E-state index in [1.807, 2.05) is 19.1 Å². The normalized spacial score (nSPS) is 17.5. The maximum absolute atomic E-state index is 13.1. The molecule has 0 spiro atoms. The van der Waals surface area contributed by atoms with Crippen LogP contribution in [0.1, 0.15) is 31.9 Å². The topological polar surface area (TPSA) is 100 Å². The average Bonchev–Trinajstić information content (AvgIpc) is 3.06. The molecular weight excluding hydrogens is 448 g/mol. The molecule has 1 aliphatic rings. The number of carbonyl (C=O) groups excluding carboxylic acids is 3. The third kappa shape index (κ3) is 5.92. The lowest BCUT2D eigenvalue weighted by Crippen LogP contribution is -2.42. The van der Waals surface area contributed by atoms with Crippen molar-refractivity contribution in [2.24, 2.45) is 0 Å². The highest BCUT2D eigenvalue weighted by Gasteiger charge is 2.49. The number of carbonyl (C=O) groups is 3. The van der Waals surface area contributed by atoms with Gasteiger partial charge >= 0.3 is 6.03 Å². The Hall–Kier alpha value is -3.59. The molecule has 0 aromatic heterocycles. The molecule has 35 heavy (non-hydrogen) atoms. The Morgan fingerprint density at radius 3 is 2.40 bits per heavy atom. The Bertz CT molecular complexity index is 1070. The molecule has 9 nitrogen and oxygen atoms in total. The minimum atomic E-state index is -1.23. The summed E-state index contributed by atoms with van der Waals surface area (Å²) in [4.78, 5) is 41.6. The molecule has 3 rings (SSSR count). The minimum absolute atomic E-state index is 0.406. The number of likely N-dealkylation sites (N-methyl/N-ethyl adjacent to an activating group) is 1. The summed E-state index contributed by atoms with van der Waals surface area (Å²) in [5, 5.41) is 5.46. The SMILES string of the molecule is CCN(CC)CCOc1cc(NC(=O)CN2C(=O)NC(C)(c3ccc(C)cc3)C2=O)ccc1OC. The first-order valence-electron chi connectivity index (χ1n) is 11.8. The second kappa shape index (κ2) is 11.2. The average molecular weight is 483 g/mol. The molecule has 1 unspecified atom stereocenters. The molecule has 1 atom stereocenters. The number of urea groups is 1. The van der Waals surface area contributed by atoms with Gasteiger partial charge in [0.1, 0.15) is 18.7 Å². The van der Waals surface area contributed by atoms with Gasteiger partial charge in [-0.05, 0) is 44.6 Å². The molecule has 9 heteroatoms. The van der Waals surface area contributed by atoms with E-state index in [1.54, 1.807) is 44.4 Å². The van der Waals surface area contributed by atoms with E-state index in [2.05, 4.69) is 29.4 Å². The van der Waals surface area contributed by atoms with Crippen molar-refractivity contribution in [1.82, 2.24) is 15.1 Å². The lowest BCUT2D eigenvalue weighted by molar-refractivity contribution is -0.133. The van der Waals surface area contributed by atoms with Crippen LogP contribution in [0.25, 0.3) is 0 Å². The largest absolute Gasteiger partial charge is 0.493 e. The zero-order chi connectivity index (χ0) is 25.6. The molecule has 2 N–H and O–H groups in total. The van der Waals surface area contributed by atoms with Crippen LogP contribution in [0.4, 0.5) is 10.5 Å². The lowest BCUT2D eigenvalue weighted by atomic mass is 9.91.